The summed E-state index contributed by atoms with van der Waals surface area (Å²) in [5.41, 5.74) is 2.52. The number of thioether (sulfide) groups is 1. The smallest absolute Gasteiger partial charge is 0.140 e. The van der Waals surface area contributed by atoms with Crippen LogP contribution in [0.1, 0.15) is 6.92 Å². The van der Waals surface area contributed by atoms with Crippen molar-refractivity contribution in [3.05, 3.63) is 53.2 Å². The molecule has 0 aliphatic carbocycles. The summed E-state index contributed by atoms with van der Waals surface area (Å²) in [4.78, 5) is 2.66. The maximum Gasteiger partial charge on any atom is 0.140 e. The number of ether oxygens (including phenoxy) is 1. The van der Waals surface area contributed by atoms with Gasteiger partial charge in [-0.1, -0.05) is 31.2 Å². The molecule has 0 saturated heterocycles. The summed E-state index contributed by atoms with van der Waals surface area (Å²) in [6, 6.07) is 15.7. The van der Waals surface area contributed by atoms with Crippen LogP contribution in [0, 0.1) is 0 Å². The maximum absolute atomic E-state index is 6.03. The molecule has 0 radical (unpaired) electrons. The van der Waals surface area contributed by atoms with Crippen LogP contribution >= 0.6 is 33.1 Å². The fourth-order valence-corrected chi connectivity index (χ4v) is 6.25. The fraction of sp³-hybridized carbons (Fsp3) is 0.250. The van der Waals surface area contributed by atoms with E-state index in [4.69, 9.17) is 4.74 Å². The van der Waals surface area contributed by atoms with Gasteiger partial charge in [0.25, 0.3) is 0 Å². The molecule has 0 amide bonds. The van der Waals surface area contributed by atoms with Crippen molar-refractivity contribution in [2.45, 2.75) is 16.7 Å². The second kappa shape index (κ2) is 7.66. The summed E-state index contributed by atoms with van der Waals surface area (Å²) in [6.45, 7) is 2.19. The predicted molar refractivity (Wildman–Crippen MR) is 131 cm³/mol. The number of benzene rings is 3. The summed E-state index contributed by atoms with van der Waals surface area (Å²) < 4.78 is 6.03. The number of hydrogen-bond acceptors (Lipinski definition) is 3. The molecular weight excluding hydrogens is 400 g/mol. The Morgan fingerprint density at radius 2 is 1.75 bits per heavy atom. The highest BCUT2D eigenvalue weighted by atomic mass is 32.3. The molecule has 4 heteroatoms. The normalized spacial score (nSPS) is 12.6. The quantitative estimate of drug-likeness (QED) is 0.300. The topological polar surface area (TPSA) is 9.23 Å². The van der Waals surface area contributed by atoms with Gasteiger partial charge in [0.1, 0.15) is 5.75 Å². The first kappa shape index (κ1) is 19.7. The van der Waals surface area contributed by atoms with Gasteiger partial charge in [0.2, 0.25) is 0 Å². The molecule has 1 heterocycles. The van der Waals surface area contributed by atoms with Crippen molar-refractivity contribution in [3.8, 4) is 16.9 Å². The molecule has 1 aromatic heterocycles. The number of methoxy groups -OCH3 is 1. The summed E-state index contributed by atoms with van der Waals surface area (Å²) >= 11 is 3.63. The highest BCUT2D eigenvalue weighted by Gasteiger charge is 2.20. The largest absolute Gasteiger partial charge is 0.495 e. The van der Waals surface area contributed by atoms with Crippen molar-refractivity contribution in [1.82, 2.24) is 0 Å². The molecule has 0 aliphatic heterocycles. The van der Waals surface area contributed by atoms with Gasteiger partial charge >= 0.3 is 0 Å². The van der Waals surface area contributed by atoms with Crippen LogP contribution in [0.4, 0.5) is 0 Å². The van der Waals surface area contributed by atoms with Crippen molar-refractivity contribution < 1.29 is 4.74 Å². The summed E-state index contributed by atoms with van der Waals surface area (Å²) in [6.07, 6.45) is 7.09. The van der Waals surface area contributed by atoms with Gasteiger partial charge in [-0.3, -0.25) is 0 Å². The Kier molecular flexibility index (Phi) is 5.38. The molecule has 1 nitrogen and oxygen atoms in total. The van der Waals surface area contributed by atoms with Crippen molar-refractivity contribution in [3.63, 3.8) is 0 Å². The molecule has 0 saturated carbocycles. The number of fused-ring (bicyclic) bond motifs is 2. The van der Waals surface area contributed by atoms with E-state index in [0.29, 0.717) is 0 Å². The lowest BCUT2D eigenvalue weighted by Crippen LogP contribution is -1.97. The predicted octanol–water partition coefficient (Wildman–Crippen LogP) is 7.90. The van der Waals surface area contributed by atoms with Crippen molar-refractivity contribution in [2.75, 3.05) is 31.6 Å². The average molecular weight is 427 g/mol. The SMILES string of the molecule is CCSc1cc2ccccc2c(-c2cc(S(C)(C)C)cc3cscc23)c1OC. The molecule has 0 spiro atoms. The molecule has 0 N–H and O–H groups in total. The van der Waals surface area contributed by atoms with Crippen LogP contribution in [0.2, 0.25) is 0 Å². The van der Waals surface area contributed by atoms with Crippen molar-refractivity contribution in [2.24, 2.45) is 0 Å². The minimum Gasteiger partial charge on any atom is -0.495 e. The first-order valence-electron chi connectivity index (χ1n) is 9.35. The van der Waals surface area contributed by atoms with Gasteiger partial charge in [0.05, 0.1) is 12.0 Å². The zero-order valence-electron chi connectivity index (χ0n) is 17.0. The van der Waals surface area contributed by atoms with Crippen LogP contribution in [-0.2, 0) is 0 Å². The molecule has 0 atom stereocenters. The Hall–Kier alpha value is -1.62. The third-order valence-electron chi connectivity index (χ3n) is 5.01. The van der Waals surface area contributed by atoms with Crippen molar-refractivity contribution in [1.29, 1.82) is 0 Å². The number of thiophene rings is 1. The molecular formula is C24H26OS3. The van der Waals surface area contributed by atoms with Gasteiger partial charge in [-0.2, -0.15) is 11.3 Å². The fourth-order valence-electron chi connectivity index (χ4n) is 3.65. The van der Waals surface area contributed by atoms with E-state index in [2.05, 4.69) is 78.9 Å². The monoisotopic (exact) mass is 426 g/mol. The van der Waals surface area contributed by atoms with Gasteiger partial charge in [-0.05, 0) is 80.1 Å². The van der Waals surface area contributed by atoms with Gasteiger partial charge in [-0.15, -0.1) is 11.8 Å². The minimum absolute atomic E-state index is 0.837. The summed E-state index contributed by atoms with van der Waals surface area (Å²) in [5, 5.41) is 9.73. The molecule has 4 aromatic rings. The number of rotatable bonds is 5. The molecule has 146 valence electrons. The van der Waals surface area contributed by atoms with E-state index >= 15 is 0 Å². The van der Waals surface area contributed by atoms with E-state index in [1.807, 2.05) is 11.8 Å². The van der Waals surface area contributed by atoms with E-state index in [1.165, 1.54) is 42.5 Å². The molecule has 0 unspecified atom stereocenters. The third-order valence-corrected chi connectivity index (χ3v) is 8.33. The molecule has 3 aromatic carbocycles. The third kappa shape index (κ3) is 3.42. The number of hydrogen-bond donors (Lipinski definition) is 0. The first-order chi connectivity index (χ1) is 13.4. The Labute approximate surface area is 177 Å². The molecule has 0 bridgehead atoms. The van der Waals surface area contributed by atoms with Crippen LogP contribution in [0.25, 0.3) is 32.7 Å². The standard InChI is InChI=1S/C24H26OS3/c1-6-27-22-12-16-9-7-8-10-19(16)23(24(22)25-2)20-13-18(28(3,4)5)11-17-14-26-15-21(17)20/h7-15H,6H2,1-5H3. The second-order valence-corrected chi connectivity index (χ2v) is 13.8. The Balaban J connectivity index is 2.16. The highest BCUT2D eigenvalue weighted by Crippen LogP contribution is 2.51. The highest BCUT2D eigenvalue weighted by molar-refractivity contribution is 8.32. The van der Waals surface area contributed by atoms with E-state index in [1.54, 1.807) is 18.4 Å². The first-order valence-corrected chi connectivity index (χ1v) is 14.1. The van der Waals surface area contributed by atoms with E-state index < -0.39 is 10.0 Å². The Morgan fingerprint density at radius 1 is 0.964 bits per heavy atom. The van der Waals surface area contributed by atoms with Crippen LogP contribution in [-0.4, -0.2) is 31.6 Å². The van der Waals surface area contributed by atoms with E-state index in [9.17, 15) is 0 Å². The van der Waals surface area contributed by atoms with E-state index in [0.717, 1.165) is 11.5 Å². The van der Waals surface area contributed by atoms with Crippen LogP contribution in [0.3, 0.4) is 0 Å². The lowest BCUT2D eigenvalue weighted by atomic mass is 9.94. The Morgan fingerprint density at radius 3 is 2.46 bits per heavy atom. The van der Waals surface area contributed by atoms with Gasteiger partial charge in [0, 0.05) is 10.9 Å². The lowest BCUT2D eigenvalue weighted by Gasteiger charge is -2.27. The van der Waals surface area contributed by atoms with Gasteiger partial charge in [0.15, 0.2) is 0 Å². The average Bonchev–Trinajstić information content (AvgIpc) is 3.14. The van der Waals surface area contributed by atoms with Crippen LogP contribution in [0.5, 0.6) is 5.75 Å². The summed E-state index contributed by atoms with van der Waals surface area (Å²) in [7, 11) is 0.965. The van der Waals surface area contributed by atoms with Crippen LogP contribution < -0.4 is 4.74 Å². The minimum atomic E-state index is -0.837. The van der Waals surface area contributed by atoms with Gasteiger partial charge < -0.3 is 4.74 Å². The summed E-state index contributed by atoms with van der Waals surface area (Å²) in [5.74, 6) is 2.02. The lowest BCUT2D eigenvalue weighted by molar-refractivity contribution is 0.407. The van der Waals surface area contributed by atoms with Gasteiger partial charge in [-0.25, -0.2) is 10.0 Å². The van der Waals surface area contributed by atoms with Crippen molar-refractivity contribution >= 4 is 54.7 Å². The molecule has 0 fully saturated rings. The Bertz CT molecular complexity index is 1150. The molecule has 4 rings (SSSR count). The van der Waals surface area contributed by atoms with E-state index in [-0.39, 0.29) is 0 Å². The van der Waals surface area contributed by atoms with Crippen LogP contribution in [0.15, 0.2) is 63.0 Å². The molecule has 28 heavy (non-hydrogen) atoms. The second-order valence-electron chi connectivity index (χ2n) is 7.62. The molecule has 0 aliphatic rings. The zero-order valence-corrected chi connectivity index (χ0v) is 19.5. The zero-order chi connectivity index (χ0) is 19.9. The maximum atomic E-state index is 6.03.